The molecular weight excluding hydrogens is 256 g/mol. The lowest BCUT2D eigenvalue weighted by molar-refractivity contribution is 0.0601. The maximum absolute atomic E-state index is 12.5. The molecule has 3 aromatic rings. The highest BCUT2D eigenvalue weighted by Gasteiger charge is 2.10. The number of hydrogen-bond acceptors (Lipinski definition) is 4. The van der Waals surface area contributed by atoms with Gasteiger partial charge in [-0.15, -0.1) is 0 Å². The number of carbonyl (C=O) groups is 1. The summed E-state index contributed by atoms with van der Waals surface area (Å²) in [6.07, 6.45) is 1.73. The molecule has 0 N–H and O–H groups in total. The second-order valence-electron chi connectivity index (χ2n) is 4.58. The summed E-state index contributed by atoms with van der Waals surface area (Å²) in [5, 5.41) is 0.399. The fourth-order valence-electron chi connectivity index (χ4n) is 2.16. The molecule has 20 heavy (non-hydrogen) atoms. The van der Waals surface area contributed by atoms with Crippen molar-refractivity contribution in [1.29, 1.82) is 0 Å². The number of ether oxygens (including phenoxy) is 1. The Labute approximate surface area is 114 Å². The lowest BCUT2D eigenvalue weighted by atomic mass is 10.1. The maximum Gasteiger partial charge on any atom is 0.337 e. The number of pyridine rings is 1. The molecule has 1 aromatic carbocycles. The third-order valence-corrected chi connectivity index (χ3v) is 3.18. The van der Waals surface area contributed by atoms with E-state index in [0.29, 0.717) is 22.1 Å². The number of esters is 1. The molecule has 0 aliphatic rings. The fourth-order valence-corrected chi connectivity index (χ4v) is 2.16. The molecule has 5 heteroatoms. The first-order valence-corrected chi connectivity index (χ1v) is 6.11. The third kappa shape index (κ3) is 1.84. The molecule has 2 aromatic heterocycles. The van der Waals surface area contributed by atoms with Crippen LogP contribution >= 0.6 is 0 Å². The molecule has 0 unspecified atom stereocenters. The number of rotatable bonds is 1. The summed E-state index contributed by atoms with van der Waals surface area (Å²) >= 11 is 0. The molecule has 0 radical (unpaired) electrons. The van der Waals surface area contributed by atoms with Crippen LogP contribution in [0.15, 0.2) is 41.3 Å². The van der Waals surface area contributed by atoms with Gasteiger partial charge >= 0.3 is 5.97 Å². The number of aromatic nitrogens is 2. The van der Waals surface area contributed by atoms with Crippen LogP contribution in [0, 0.1) is 6.92 Å². The van der Waals surface area contributed by atoms with Gasteiger partial charge in [-0.25, -0.2) is 9.78 Å². The average Bonchev–Trinajstić information content (AvgIpc) is 2.47. The van der Waals surface area contributed by atoms with E-state index >= 15 is 0 Å². The lowest BCUT2D eigenvalue weighted by Crippen LogP contribution is -2.16. The molecule has 0 saturated carbocycles. The molecule has 0 atom stereocenters. The van der Waals surface area contributed by atoms with E-state index in [1.165, 1.54) is 17.6 Å². The Morgan fingerprint density at radius 1 is 1.25 bits per heavy atom. The molecule has 2 heterocycles. The van der Waals surface area contributed by atoms with E-state index in [-0.39, 0.29) is 5.56 Å². The molecule has 0 aliphatic heterocycles. The number of aryl methyl sites for hydroxylation is 1. The van der Waals surface area contributed by atoms with Gasteiger partial charge in [-0.1, -0.05) is 6.07 Å². The largest absolute Gasteiger partial charge is 0.465 e. The van der Waals surface area contributed by atoms with Crippen molar-refractivity contribution in [2.75, 3.05) is 7.11 Å². The van der Waals surface area contributed by atoms with Gasteiger partial charge in [0.05, 0.1) is 23.6 Å². The predicted molar refractivity (Wildman–Crippen MR) is 75.0 cm³/mol. The molecule has 0 aliphatic carbocycles. The number of hydrogen-bond donors (Lipinski definition) is 0. The van der Waals surface area contributed by atoms with Crippen LogP contribution in [0.1, 0.15) is 15.9 Å². The molecule has 0 bridgehead atoms. The number of nitrogens with zero attached hydrogens (tertiary/aromatic N) is 2. The quantitative estimate of drug-likeness (QED) is 0.500. The number of benzene rings is 1. The summed E-state index contributed by atoms with van der Waals surface area (Å²) in [4.78, 5) is 28.4. The van der Waals surface area contributed by atoms with Crippen LogP contribution in [0.25, 0.3) is 16.6 Å². The monoisotopic (exact) mass is 268 g/mol. The fraction of sp³-hybridized carbons (Fsp3) is 0.133. The van der Waals surface area contributed by atoms with Crippen LogP contribution in [0.4, 0.5) is 0 Å². The van der Waals surface area contributed by atoms with E-state index in [1.54, 1.807) is 24.4 Å². The van der Waals surface area contributed by atoms with Gasteiger partial charge in [-0.2, -0.15) is 0 Å². The highest BCUT2D eigenvalue weighted by Crippen LogP contribution is 2.13. The Morgan fingerprint density at radius 3 is 2.80 bits per heavy atom. The highest BCUT2D eigenvalue weighted by atomic mass is 16.5. The van der Waals surface area contributed by atoms with E-state index in [9.17, 15) is 9.59 Å². The van der Waals surface area contributed by atoms with Crippen molar-refractivity contribution >= 4 is 22.5 Å². The molecular formula is C15H12N2O3. The Bertz CT molecular complexity index is 897. The van der Waals surface area contributed by atoms with Crippen molar-refractivity contribution in [3.05, 3.63) is 58.0 Å². The average molecular weight is 268 g/mol. The van der Waals surface area contributed by atoms with Gasteiger partial charge in [0, 0.05) is 6.20 Å². The summed E-state index contributed by atoms with van der Waals surface area (Å²) in [7, 11) is 1.31. The normalized spacial score (nSPS) is 10.9. The minimum absolute atomic E-state index is 0.195. The molecule has 0 amide bonds. The second-order valence-corrected chi connectivity index (χ2v) is 4.58. The number of carbonyl (C=O) groups excluding carboxylic acids is 1. The lowest BCUT2D eigenvalue weighted by Gasteiger charge is -2.05. The van der Waals surface area contributed by atoms with Crippen molar-refractivity contribution < 1.29 is 9.53 Å². The van der Waals surface area contributed by atoms with Crippen LogP contribution in [-0.2, 0) is 4.74 Å². The predicted octanol–water partition coefficient (Wildman–Crippen LogP) is 1.94. The van der Waals surface area contributed by atoms with Crippen molar-refractivity contribution in [2.45, 2.75) is 6.92 Å². The second kappa shape index (κ2) is 4.45. The van der Waals surface area contributed by atoms with Gasteiger partial charge in [-0.3, -0.25) is 9.20 Å². The van der Waals surface area contributed by atoms with Crippen LogP contribution < -0.4 is 5.56 Å². The Balaban J connectivity index is 2.40. The van der Waals surface area contributed by atoms with Crippen LogP contribution in [0.3, 0.4) is 0 Å². The zero-order valence-corrected chi connectivity index (χ0v) is 11.1. The first-order valence-electron chi connectivity index (χ1n) is 6.11. The van der Waals surface area contributed by atoms with E-state index in [4.69, 9.17) is 0 Å². The third-order valence-electron chi connectivity index (χ3n) is 3.18. The van der Waals surface area contributed by atoms with Crippen LogP contribution in [0.5, 0.6) is 0 Å². The smallest absolute Gasteiger partial charge is 0.337 e. The summed E-state index contributed by atoms with van der Waals surface area (Å²) < 4.78 is 6.15. The molecule has 3 rings (SSSR count). The van der Waals surface area contributed by atoms with Crippen molar-refractivity contribution in [2.24, 2.45) is 0 Å². The first-order chi connectivity index (χ1) is 9.60. The van der Waals surface area contributed by atoms with Crippen molar-refractivity contribution in [3.8, 4) is 0 Å². The van der Waals surface area contributed by atoms with Gasteiger partial charge in [0.25, 0.3) is 5.56 Å². The van der Waals surface area contributed by atoms with Crippen LogP contribution in [-0.4, -0.2) is 22.5 Å². The van der Waals surface area contributed by atoms with Gasteiger partial charge in [0.2, 0.25) is 0 Å². The van der Waals surface area contributed by atoms with E-state index < -0.39 is 5.97 Å². The minimum atomic E-state index is -0.472. The maximum atomic E-state index is 12.5. The number of fused-ring (bicyclic) bond motifs is 2. The Kier molecular flexibility index (Phi) is 2.75. The standard InChI is InChI=1S/C15H12N2O3/c1-9-3-6-13-16-12-5-4-10(15(19)20-2)7-11(12)14(18)17(13)8-9/h3-8H,1-2H3. The van der Waals surface area contributed by atoms with Gasteiger partial charge in [0.15, 0.2) is 0 Å². The summed E-state index contributed by atoms with van der Waals surface area (Å²) in [6, 6.07) is 8.47. The zero-order valence-electron chi connectivity index (χ0n) is 11.1. The van der Waals surface area contributed by atoms with Gasteiger partial charge in [0.1, 0.15) is 5.65 Å². The molecule has 100 valence electrons. The van der Waals surface area contributed by atoms with E-state index in [2.05, 4.69) is 9.72 Å². The first kappa shape index (κ1) is 12.3. The van der Waals surface area contributed by atoms with Gasteiger partial charge in [-0.05, 0) is 36.8 Å². The Morgan fingerprint density at radius 2 is 2.05 bits per heavy atom. The SMILES string of the molecule is COC(=O)c1ccc2nc3ccc(C)cn3c(=O)c2c1. The highest BCUT2D eigenvalue weighted by molar-refractivity contribution is 5.94. The minimum Gasteiger partial charge on any atom is -0.465 e. The van der Waals surface area contributed by atoms with Gasteiger partial charge < -0.3 is 4.74 Å². The molecule has 0 fully saturated rings. The zero-order chi connectivity index (χ0) is 14.3. The topological polar surface area (TPSA) is 60.7 Å². The summed E-state index contributed by atoms with van der Waals surface area (Å²) in [6.45, 7) is 1.90. The Hall–Kier alpha value is -2.69. The summed E-state index contributed by atoms with van der Waals surface area (Å²) in [5.74, 6) is -0.472. The van der Waals surface area contributed by atoms with E-state index in [1.807, 2.05) is 13.0 Å². The molecule has 5 nitrogen and oxygen atoms in total. The van der Waals surface area contributed by atoms with Crippen molar-refractivity contribution in [3.63, 3.8) is 0 Å². The van der Waals surface area contributed by atoms with E-state index in [0.717, 1.165) is 5.56 Å². The molecule has 0 saturated heterocycles. The van der Waals surface area contributed by atoms with Crippen LogP contribution in [0.2, 0.25) is 0 Å². The van der Waals surface area contributed by atoms with Crippen molar-refractivity contribution in [1.82, 2.24) is 9.38 Å². The number of methoxy groups -OCH3 is 1. The molecule has 0 spiro atoms. The summed E-state index contributed by atoms with van der Waals surface area (Å²) in [5.41, 5.74) is 2.25.